The van der Waals surface area contributed by atoms with Gasteiger partial charge in [0, 0.05) is 42.8 Å². The Labute approximate surface area is 173 Å². The van der Waals surface area contributed by atoms with E-state index in [1.54, 1.807) is 25.4 Å². The number of aromatic nitrogens is 1. The quantitative estimate of drug-likeness (QED) is 0.664. The molecule has 5 nitrogen and oxygen atoms in total. The van der Waals surface area contributed by atoms with E-state index in [0.29, 0.717) is 37.6 Å². The van der Waals surface area contributed by atoms with Crippen LogP contribution in [0.4, 0.5) is 8.78 Å². The Morgan fingerprint density at radius 2 is 2.03 bits per heavy atom. The van der Waals surface area contributed by atoms with Crippen molar-refractivity contribution in [2.75, 3.05) is 33.4 Å². The number of halogens is 2. The summed E-state index contributed by atoms with van der Waals surface area (Å²) < 4.78 is 38.6. The number of hydrogen-bond donors (Lipinski definition) is 1. The van der Waals surface area contributed by atoms with Gasteiger partial charge in [0.2, 0.25) is 0 Å². The third kappa shape index (κ3) is 4.52. The fourth-order valence-electron chi connectivity index (χ4n) is 3.68. The topological polar surface area (TPSA) is 54.8 Å². The van der Waals surface area contributed by atoms with Gasteiger partial charge in [-0.1, -0.05) is 12.1 Å². The molecule has 30 heavy (non-hydrogen) atoms. The molecule has 1 saturated heterocycles. The fraction of sp³-hybridized carbons (Fsp3) is 0.348. The summed E-state index contributed by atoms with van der Waals surface area (Å²) in [5.74, 6) is 0.829. The van der Waals surface area contributed by atoms with Gasteiger partial charge in [-0.15, -0.1) is 0 Å². The van der Waals surface area contributed by atoms with Crippen molar-refractivity contribution in [3.63, 3.8) is 0 Å². The number of pyridine rings is 1. The van der Waals surface area contributed by atoms with Crippen LogP contribution in [-0.2, 0) is 0 Å². The van der Waals surface area contributed by atoms with Crippen LogP contribution in [0.15, 0.2) is 48.7 Å². The van der Waals surface area contributed by atoms with E-state index < -0.39 is 12.3 Å². The molecule has 7 heteroatoms. The number of hydrogen-bond acceptors (Lipinski definition) is 5. The fourth-order valence-corrected chi connectivity index (χ4v) is 3.68. The van der Waals surface area contributed by atoms with Crippen molar-refractivity contribution in [2.24, 2.45) is 0 Å². The molecule has 0 spiro atoms. The van der Waals surface area contributed by atoms with Crippen LogP contribution in [-0.4, -0.2) is 60.6 Å². The van der Waals surface area contributed by atoms with Gasteiger partial charge in [0.05, 0.1) is 18.7 Å². The summed E-state index contributed by atoms with van der Waals surface area (Å²) in [6.07, 6.45) is 0.0355. The first-order valence-corrected chi connectivity index (χ1v) is 9.94. The molecule has 2 unspecified atom stereocenters. The molecule has 0 bridgehead atoms. The van der Waals surface area contributed by atoms with Gasteiger partial charge in [0.15, 0.2) is 11.5 Å². The maximum Gasteiger partial charge on any atom is 0.162 e. The molecule has 1 aromatic heterocycles. The average molecular weight is 414 g/mol. The first kappa shape index (κ1) is 20.5. The van der Waals surface area contributed by atoms with Crippen LogP contribution in [0.2, 0.25) is 0 Å². The molecule has 0 aliphatic carbocycles. The van der Waals surface area contributed by atoms with Crippen LogP contribution in [0.25, 0.3) is 22.0 Å². The minimum absolute atomic E-state index is 0.209. The molecule has 0 radical (unpaired) electrons. The Bertz CT molecular complexity index is 1030. The smallest absolute Gasteiger partial charge is 0.162 e. The normalized spacial score (nSPS) is 19.7. The summed E-state index contributed by atoms with van der Waals surface area (Å²) in [7, 11) is 1.56. The summed E-state index contributed by atoms with van der Waals surface area (Å²) in [6.45, 7) is 1.76. The van der Waals surface area contributed by atoms with E-state index in [-0.39, 0.29) is 12.4 Å². The van der Waals surface area contributed by atoms with Crippen molar-refractivity contribution in [1.29, 1.82) is 0 Å². The van der Waals surface area contributed by atoms with Crippen LogP contribution in [0.5, 0.6) is 11.5 Å². The number of methoxy groups -OCH3 is 1. The number of nitrogens with zero attached hydrogens (tertiary/aromatic N) is 2. The molecule has 158 valence electrons. The summed E-state index contributed by atoms with van der Waals surface area (Å²) in [4.78, 5) is 6.41. The van der Waals surface area contributed by atoms with Crippen molar-refractivity contribution in [1.82, 2.24) is 9.88 Å². The van der Waals surface area contributed by atoms with Gasteiger partial charge in [-0.05, 0) is 36.2 Å². The Hall–Kier alpha value is -2.77. The predicted molar refractivity (Wildman–Crippen MR) is 111 cm³/mol. The standard InChI is InChI=1S/C23H24F2N2O3/c1-29-22-12-20-16(9-17(13-26-20)15-3-2-4-18(24)10-15)11-23(22)30-8-7-27-6-5-21(28)19(25)14-27/h2-4,9-13,19,21,28H,5-8,14H2,1H3. The highest BCUT2D eigenvalue weighted by Gasteiger charge is 2.27. The van der Waals surface area contributed by atoms with Gasteiger partial charge in [0.1, 0.15) is 18.6 Å². The lowest BCUT2D eigenvalue weighted by atomic mass is 10.0. The molecule has 3 aromatic rings. The van der Waals surface area contributed by atoms with Crippen LogP contribution in [0.1, 0.15) is 6.42 Å². The number of fused-ring (bicyclic) bond motifs is 1. The van der Waals surface area contributed by atoms with Crippen molar-refractivity contribution in [3.05, 3.63) is 54.5 Å². The highest BCUT2D eigenvalue weighted by atomic mass is 19.1. The zero-order chi connectivity index (χ0) is 21.1. The van der Waals surface area contributed by atoms with E-state index in [1.807, 2.05) is 23.1 Å². The van der Waals surface area contributed by atoms with Crippen molar-refractivity contribution in [2.45, 2.75) is 18.7 Å². The van der Waals surface area contributed by atoms with E-state index in [1.165, 1.54) is 12.1 Å². The maximum absolute atomic E-state index is 13.7. The van der Waals surface area contributed by atoms with Crippen LogP contribution in [0.3, 0.4) is 0 Å². The molecule has 0 saturated carbocycles. The summed E-state index contributed by atoms with van der Waals surface area (Å²) >= 11 is 0. The molecule has 0 amide bonds. The lowest BCUT2D eigenvalue weighted by molar-refractivity contribution is 0.00317. The average Bonchev–Trinajstić information content (AvgIpc) is 2.75. The maximum atomic E-state index is 13.7. The molecule has 1 aliphatic rings. The van der Waals surface area contributed by atoms with Gasteiger partial charge in [0.25, 0.3) is 0 Å². The van der Waals surface area contributed by atoms with E-state index >= 15 is 0 Å². The Kier molecular flexibility index (Phi) is 6.11. The molecule has 2 aromatic carbocycles. The zero-order valence-corrected chi connectivity index (χ0v) is 16.7. The van der Waals surface area contributed by atoms with Gasteiger partial charge in [-0.3, -0.25) is 9.88 Å². The Morgan fingerprint density at radius 3 is 2.80 bits per heavy atom. The van der Waals surface area contributed by atoms with Gasteiger partial charge < -0.3 is 14.6 Å². The summed E-state index contributed by atoms with van der Waals surface area (Å²) in [5.41, 5.74) is 2.29. The molecule has 1 N–H and O–H groups in total. The summed E-state index contributed by atoms with van der Waals surface area (Å²) in [6, 6.07) is 12.0. The van der Waals surface area contributed by atoms with E-state index in [2.05, 4.69) is 4.98 Å². The largest absolute Gasteiger partial charge is 0.493 e. The van der Waals surface area contributed by atoms with Gasteiger partial charge in [-0.2, -0.15) is 0 Å². The predicted octanol–water partition coefficient (Wildman–Crippen LogP) is 3.83. The first-order valence-electron chi connectivity index (χ1n) is 9.94. The lowest BCUT2D eigenvalue weighted by Crippen LogP contribution is -2.45. The number of aliphatic hydroxyl groups is 1. The molecular formula is C23H24F2N2O3. The number of piperidine rings is 1. The third-order valence-electron chi connectivity index (χ3n) is 5.38. The lowest BCUT2D eigenvalue weighted by Gasteiger charge is -2.31. The zero-order valence-electron chi connectivity index (χ0n) is 16.7. The SMILES string of the molecule is COc1cc2ncc(-c3cccc(F)c3)cc2cc1OCCN1CCC(O)C(F)C1. The Morgan fingerprint density at radius 1 is 1.17 bits per heavy atom. The number of alkyl halides is 1. The Balaban J connectivity index is 1.51. The molecule has 2 heterocycles. The van der Waals surface area contributed by atoms with Crippen LogP contribution >= 0.6 is 0 Å². The number of ether oxygens (including phenoxy) is 2. The molecular weight excluding hydrogens is 390 g/mol. The van der Waals surface area contributed by atoms with Gasteiger partial charge in [-0.25, -0.2) is 8.78 Å². The van der Waals surface area contributed by atoms with Crippen molar-refractivity contribution in [3.8, 4) is 22.6 Å². The number of rotatable bonds is 6. The number of likely N-dealkylation sites (tertiary alicyclic amines) is 1. The minimum Gasteiger partial charge on any atom is -0.493 e. The molecule has 1 aliphatic heterocycles. The number of benzene rings is 2. The van der Waals surface area contributed by atoms with E-state index in [0.717, 1.165) is 22.0 Å². The highest BCUT2D eigenvalue weighted by molar-refractivity contribution is 5.86. The molecule has 4 rings (SSSR count). The van der Waals surface area contributed by atoms with Crippen LogP contribution < -0.4 is 9.47 Å². The van der Waals surface area contributed by atoms with Gasteiger partial charge >= 0.3 is 0 Å². The minimum atomic E-state index is -1.22. The molecule has 1 fully saturated rings. The second-order valence-corrected chi connectivity index (χ2v) is 7.45. The van der Waals surface area contributed by atoms with Crippen molar-refractivity contribution < 1.29 is 23.4 Å². The third-order valence-corrected chi connectivity index (χ3v) is 5.38. The van der Waals surface area contributed by atoms with E-state index in [9.17, 15) is 13.9 Å². The van der Waals surface area contributed by atoms with Crippen LogP contribution in [0, 0.1) is 5.82 Å². The first-order chi connectivity index (χ1) is 14.5. The second kappa shape index (κ2) is 8.93. The van der Waals surface area contributed by atoms with E-state index in [4.69, 9.17) is 9.47 Å². The second-order valence-electron chi connectivity index (χ2n) is 7.45. The number of aliphatic hydroxyl groups excluding tert-OH is 1. The molecule has 2 atom stereocenters. The monoisotopic (exact) mass is 414 g/mol. The van der Waals surface area contributed by atoms with Crippen molar-refractivity contribution >= 4 is 10.9 Å². The highest BCUT2D eigenvalue weighted by Crippen LogP contribution is 2.33. The summed E-state index contributed by atoms with van der Waals surface area (Å²) in [5, 5.41) is 10.4.